The van der Waals surface area contributed by atoms with Crippen LogP contribution in [0.1, 0.15) is 51.5 Å². The number of sulfonamides is 1. The van der Waals surface area contributed by atoms with E-state index in [4.69, 9.17) is 11.6 Å². The second kappa shape index (κ2) is 10.7. The molecule has 0 radical (unpaired) electrons. The van der Waals surface area contributed by atoms with Gasteiger partial charge >= 0.3 is 0 Å². The van der Waals surface area contributed by atoms with Crippen molar-refractivity contribution in [2.24, 2.45) is 11.3 Å². The van der Waals surface area contributed by atoms with Gasteiger partial charge in [-0.15, -0.1) is 0 Å². The first-order chi connectivity index (χ1) is 15.1. The molecule has 1 fully saturated rings. The lowest BCUT2D eigenvalue weighted by atomic mass is 9.75. The van der Waals surface area contributed by atoms with Crippen molar-refractivity contribution in [3.8, 4) is 0 Å². The third-order valence-corrected chi connectivity index (χ3v) is 8.93. The molecule has 2 aromatic carbocycles. The van der Waals surface area contributed by atoms with E-state index in [1.807, 2.05) is 24.3 Å². The van der Waals surface area contributed by atoms with Crippen molar-refractivity contribution >= 4 is 21.6 Å². The van der Waals surface area contributed by atoms with E-state index in [9.17, 15) is 8.42 Å². The number of nitrogens with zero attached hydrogens (tertiary/aromatic N) is 2. The van der Waals surface area contributed by atoms with Crippen LogP contribution in [0, 0.1) is 11.3 Å². The fourth-order valence-electron chi connectivity index (χ4n) is 4.67. The summed E-state index contributed by atoms with van der Waals surface area (Å²) in [5.41, 5.74) is 1.46. The first kappa shape index (κ1) is 25.2. The Morgan fingerprint density at radius 1 is 1.06 bits per heavy atom. The van der Waals surface area contributed by atoms with Gasteiger partial charge in [0, 0.05) is 18.6 Å². The topological polar surface area (TPSA) is 40.6 Å². The average Bonchev–Trinajstić information content (AvgIpc) is 2.76. The van der Waals surface area contributed by atoms with Gasteiger partial charge in [0.2, 0.25) is 10.0 Å². The number of rotatable bonds is 8. The highest BCUT2D eigenvalue weighted by Gasteiger charge is 2.29. The molecular weight excluding hydrogens is 440 g/mol. The molecule has 4 nitrogen and oxygen atoms in total. The summed E-state index contributed by atoms with van der Waals surface area (Å²) in [6, 6.07) is 16.5. The largest absolute Gasteiger partial charge is 0.303 e. The Labute approximate surface area is 199 Å². The van der Waals surface area contributed by atoms with Crippen LogP contribution >= 0.6 is 11.6 Å². The van der Waals surface area contributed by atoms with Crippen LogP contribution < -0.4 is 0 Å². The Kier molecular flexibility index (Phi) is 8.42. The van der Waals surface area contributed by atoms with Crippen LogP contribution in [-0.4, -0.2) is 50.8 Å². The summed E-state index contributed by atoms with van der Waals surface area (Å²) in [4.78, 5) is 2.86. The summed E-state index contributed by atoms with van der Waals surface area (Å²) in [7, 11) is -1.86. The molecule has 0 bridgehead atoms. The quantitative estimate of drug-likeness (QED) is 0.476. The zero-order valence-electron chi connectivity index (χ0n) is 19.8. The molecule has 176 valence electrons. The second-order valence-electron chi connectivity index (χ2n) is 10.1. The van der Waals surface area contributed by atoms with Crippen molar-refractivity contribution in [3.63, 3.8) is 0 Å². The lowest BCUT2D eigenvalue weighted by Crippen LogP contribution is -2.39. The third-order valence-electron chi connectivity index (χ3n) is 6.86. The number of likely N-dealkylation sites (tertiary alicyclic amines) is 1. The highest BCUT2D eigenvalue weighted by Crippen LogP contribution is 2.35. The number of piperidine rings is 1. The van der Waals surface area contributed by atoms with Gasteiger partial charge in [-0.2, -0.15) is 0 Å². The maximum atomic E-state index is 13.1. The first-order valence-electron chi connectivity index (χ1n) is 11.6. The van der Waals surface area contributed by atoms with E-state index in [1.165, 1.54) is 17.1 Å². The van der Waals surface area contributed by atoms with Crippen LogP contribution in [0.2, 0.25) is 5.02 Å². The number of halogens is 1. The minimum Gasteiger partial charge on any atom is -0.303 e. The fourth-order valence-corrected chi connectivity index (χ4v) is 6.10. The highest BCUT2D eigenvalue weighted by molar-refractivity contribution is 7.89. The van der Waals surface area contributed by atoms with Gasteiger partial charge in [0.25, 0.3) is 0 Å². The monoisotopic (exact) mass is 476 g/mol. The van der Waals surface area contributed by atoms with E-state index in [-0.39, 0.29) is 5.92 Å². The first-order valence-corrected chi connectivity index (χ1v) is 13.4. The summed E-state index contributed by atoms with van der Waals surface area (Å²) in [5, 5.41) is 0.687. The normalized spacial score (nSPS) is 17.6. The van der Waals surface area contributed by atoms with Gasteiger partial charge in [-0.25, -0.2) is 12.7 Å². The van der Waals surface area contributed by atoms with Gasteiger partial charge < -0.3 is 4.90 Å². The molecule has 1 heterocycles. The minimum absolute atomic E-state index is 0.0810. The van der Waals surface area contributed by atoms with E-state index in [0.717, 1.165) is 37.5 Å². The lowest BCUT2D eigenvalue weighted by Gasteiger charge is -2.39. The minimum atomic E-state index is -3.53. The molecular formula is C26H37ClN2O2S. The molecule has 3 rings (SSSR count). The van der Waals surface area contributed by atoms with Crippen molar-refractivity contribution < 1.29 is 8.42 Å². The van der Waals surface area contributed by atoms with Gasteiger partial charge in [-0.1, -0.05) is 62.7 Å². The van der Waals surface area contributed by atoms with Crippen molar-refractivity contribution in [1.29, 1.82) is 0 Å². The summed E-state index contributed by atoms with van der Waals surface area (Å²) in [6.45, 7) is 10.6. The maximum absolute atomic E-state index is 13.1. The highest BCUT2D eigenvalue weighted by atomic mass is 35.5. The summed E-state index contributed by atoms with van der Waals surface area (Å²) in [5.74, 6) is 0.849. The second-order valence-corrected chi connectivity index (χ2v) is 12.6. The van der Waals surface area contributed by atoms with Gasteiger partial charge in [0.05, 0.1) is 4.90 Å². The molecule has 1 atom stereocenters. The number of likely N-dealkylation sites (N-methyl/N-ethyl adjacent to an activating group) is 1. The van der Waals surface area contributed by atoms with E-state index in [2.05, 4.69) is 31.7 Å². The molecule has 2 aromatic rings. The summed E-state index contributed by atoms with van der Waals surface area (Å²) >= 11 is 6.28. The number of hydrogen-bond donors (Lipinski definition) is 0. The van der Waals surface area contributed by atoms with Crippen LogP contribution in [-0.2, 0) is 10.0 Å². The van der Waals surface area contributed by atoms with Crippen LogP contribution in [0.25, 0.3) is 0 Å². The summed E-state index contributed by atoms with van der Waals surface area (Å²) in [6.07, 6.45) is 3.36. The Morgan fingerprint density at radius 2 is 1.72 bits per heavy atom. The third kappa shape index (κ3) is 6.57. The molecule has 1 aliphatic heterocycles. The average molecular weight is 477 g/mol. The molecule has 0 N–H and O–H groups in total. The fraction of sp³-hybridized carbons (Fsp3) is 0.538. The van der Waals surface area contributed by atoms with E-state index < -0.39 is 10.0 Å². The van der Waals surface area contributed by atoms with Gasteiger partial charge in [0.1, 0.15) is 0 Å². The van der Waals surface area contributed by atoms with E-state index in [0.29, 0.717) is 21.9 Å². The van der Waals surface area contributed by atoms with Crippen molar-refractivity contribution in [1.82, 2.24) is 9.21 Å². The zero-order valence-corrected chi connectivity index (χ0v) is 21.4. The van der Waals surface area contributed by atoms with Crippen LogP contribution in [0.4, 0.5) is 0 Å². The van der Waals surface area contributed by atoms with Crippen LogP contribution in [0.15, 0.2) is 59.5 Å². The Balaban J connectivity index is 1.70. The predicted octanol–water partition coefficient (Wildman–Crippen LogP) is 5.89. The predicted molar refractivity (Wildman–Crippen MR) is 134 cm³/mol. The van der Waals surface area contributed by atoms with E-state index >= 15 is 0 Å². The molecule has 0 saturated carbocycles. The standard InChI is InChI=1S/C26H37ClN2O2S/c1-26(2,3)23-14-17-29(18-15-23)16-13-22(21-9-8-10-24(27)19-21)20-28(4)32(30,31)25-11-6-5-7-12-25/h5-12,19,22-23H,13-18,20H2,1-4H3/t22-/m1/s1. The molecule has 1 saturated heterocycles. The SMILES string of the molecule is CN(C[C@@H](CCN1CCC(C(C)(C)C)CC1)c1cccc(Cl)c1)S(=O)(=O)c1ccccc1. The molecule has 0 spiro atoms. The molecule has 32 heavy (non-hydrogen) atoms. The number of hydrogen-bond acceptors (Lipinski definition) is 3. The van der Waals surface area contributed by atoms with Gasteiger partial charge in [-0.05, 0) is 86.0 Å². The van der Waals surface area contributed by atoms with Gasteiger partial charge in [-0.3, -0.25) is 0 Å². The van der Waals surface area contributed by atoms with Crippen molar-refractivity contribution in [2.45, 2.75) is 50.8 Å². The van der Waals surface area contributed by atoms with Crippen LogP contribution in [0.5, 0.6) is 0 Å². The van der Waals surface area contributed by atoms with Crippen molar-refractivity contribution in [2.75, 3.05) is 33.2 Å². The molecule has 0 aliphatic carbocycles. The van der Waals surface area contributed by atoms with E-state index in [1.54, 1.807) is 31.3 Å². The smallest absolute Gasteiger partial charge is 0.242 e. The number of benzene rings is 2. The molecule has 6 heteroatoms. The van der Waals surface area contributed by atoms with Crippen molar-refractivity contribution in [3.05, 3.63) is 65.2 Å². The zero-order chi connectivity index (χ0) is 23.4. The lowest BCUT2D eigenvalue weighted by molar-refractivity contribution is 0.110. The van der Waals surface area contributed by atoms with Crippen LogP contribution in [0.3, 0.4) is 0 Å². The van der Waals surface area contributed by atoms with Gasteiger partial charge in [0.15, 0.2) is 0 Å². The molecule has 1 aliphatic rings. The molecule has 0 unspecified atom stereocenters. The summed E-state index contributed by atoms with van der Waals surface area (Å²) < 4.78 is 27.7. The Morgan fingerprint density at radius 3 is 2.31 bits per heavy atom. The maximum Gasteiger partial charge on any atom is 0.242 e. The molecule has 0 aromatic heterocycles. The molecule has 0 amide bonds. The Bertz CT molecular complexity index is 965. The Hall–Kier alpha value is -1.40.